The molecule has 0 unspecified atom stereocenters. The average Bonchev–Trinajstić information content (AvgIpc) is 2.39. The highest BCUT2D eigenvalue weighted by Crippen LogP contribution is 2.27. The molecule has 0 aliphatic heterocycles. The van der Waals surface area contributed by atoms with Crippen molar-refractivity contribution in [3.63, 3.8) is 0 Å². The van der Waals surface area contributed by atoms with Crippen LogP contribution in [-0.2, 0) is 6.18 Å². The van der Waals surface area contributed by atoms with Crippen LogP contribution in [0.25, 0.3) is 0 Å². The third-order valence-electron chi connectivity index (χ3n) is 2.25. The Labute approximate surface area is 106 Å². The summed E-state index contributed by atoms with van der Waals surface area (Å²) in [6.07, 6.45) is -2.95. The molecule has 0 saturated heterocycles. The molecular formula is C11H10F3N5. The van der Waals surface area contributed by atoms with Crippen molar-refractivity contribution in [3.05, 3.63) is 36.2 Å². The molecule has 8 heteroatoms. The van der Waals surface area contributed by atoms with E-state index >= 15 is 0 Å². The first-order valence-electron chi connectivity index (χ1n) is 5.31. The van der Waals surface area contributed by atoms with E-state index in [1.165, 1.54) is 12.3 Å². The Hall–Kier alpha value is -2.38. The number of alkyl halides is 3. The Morgan fingerprint density at radius 2 is 1.74 bits per heavy atom. The molecule has 0 amide bonds. The summed E-state index contributed by atoms with van der Waals surface area (Å²) in [4.78, 5) is 4.05. The zero-order chi connectivity index (χ0) is 13.9. The molecule has 0 bridgehead atoms. The highest BCUT2D eigenvalue weighted by atomic mass is 19.4. The van der Waals surface area contributed by atoms with Crippen molar-refractivity contribution in [1.82, 2.24) is 15.2 Å². The van der Waals surface area contributed by atoms with Crippen molar-refractivity contribution in [2.75, 3.05) is 17.7 Å². The number of nitrogens with one attached hydrogen (secondary N) is 2. The second-order valence-electron chi connectivity index (χ2n) is 3.61. The van der Waals surface area contributed by atoms with Gasteiger partial charge in [-0.1, -0.05) is 0 Å². The molecule has 0 spiro atoms. The van der Waals surface area contributed by atoms with Gasteiger partial charge in [0, 0.05) is 7.05 Å². The summed E-state index contributed by atoms with van der Waals surface area (Å²) in [6, 6.07) is 5.52. The summed E-state index contributed by atoms with van der Waals surface area (Å²) in [5.74, 6) is 0.899. The predicted molar refractivity (Wildman–Crippen MR) is 64.1 cm³/mol. The number of nitrogens with zero attached hydrogens (tertiary/aromatic N) is 3. The molecule has 100 valence electrons. The third-order valence-corrected chi connectivity index (χ3v) is 2.25. The molecule has 0 fully saturated rings. The number of anilines is 3. The fourth-order valence-corrected chi connectivity index (χ4v) is 1.31. The van der Waals surface area contributed by atoms with Gasteiger partial charge >= 0.3 is 6.18 Å². The first kappa shape index (κ1) is 13.1. The van der Waals surface area contributed by atoms with Crippen molar-refractivity contribution in [3.8, 4) is 0 Å². The van der Waals surface area contributed by atoms with Crippen LogP contribution in [-0.4, -0.2) is 22.2 Å². The second kappa shape index (κ2) is 5.09. The van der Waals surface area contributed by atoms with Crippen LogP contribution in [0.3, 0.4) is 0 Å². The van der Waals surface area contributed by atoms with Crippen LogP contribution >= 0.6 is 0 Å². The lowest BCUT2D eigenvalue weighted by Gasteiger charge is -2.07. The monoisotopic (exact) mass is 269 g/mol. The largest absolute Gasteiger partial charge is 0.435 e. The SMILES string of the molecule is CNc1ccc(Nc2ccc(C(F)(F)F)nn2)cn1. The summed E-state index contributed by atoms with van der Waals surface area (Å²) in [6.45, 7) is 0. The number of rotatable bonds is 3. The number of aromatic nitrogens is 3. The van der Waals surface area contributed by atoms with E-state index in [1.54, 1.807) is 19.2 Å². The molecule has 2 heterocycles. The molecule has 2 N–H and O–H groups in total. The second-order valence-corrected chi connectivity index (χ2v) is 3.61. The van der Waals surface area contributed by atoms with Gasteiger partial charge in [-0.15, -0.1) is 10.2 Å². The highest BCUT2D eigenvalue weighted by molar-refractivity contribution is 5.56. The average molecular weight is 269 g/mol. The Balaban J connectivity index is 2.10. The van der Waals surface area contributed by atoms with Crippen molar-refractivity contribution in [2.45, 2.75) is 6.18 Å². The van der Waals surface area contributed by atoms with Gasteiger partial charge in [0.15, 0.2) is 11.5 Å². The van der Waals surface area contributed by atoms with Crippen LogP contribution in [0.4, 0.5) is 30.5 Å². The van der Waals surface area contributed by atoms with Gasteiger partial charge in [-0.05, 0) is 24.3 Å². The fourth-order valence-electron chi connectivity index (χ4n) is 1.31. The molecule has 0 saturated carbocycles. The van der Waals surface area contributed by atoms with E-state index in [-0.39, 0.29) is 5.82 Å². The van der Waals surface area contributed by atoms with Crippen LogP contribution in [0, 0.1) is 0 Å². The molecule has 0 aliphatic carbocycles. The molecule has 2 rings (SSSR count). The lowest BCUT2D eigenvalue weighted by atomic mass is 10.3. The molecular weight excluding hydrogens is 259 g/mol. The fraction of sp³-hybridized carbons (Fsp3) is 0.182. The molecule has 5 nitrogen and oxygen atoms in total. The minimum atomic E-state index is -4.48. The van der Waals surface area contributed by atoms with E-state index in [9.17, 15) is 13.2 Å². The summed E-state index contributed by atoms with van der Waals surface area (Å²) >= 11 is 0. The Bertz CT molecular complexity index is 536. The predicted octanol–water partition coefficient (Wildman–Crippen LogP) is 2.68. The number of hydrogen-bond acceptors (Lipinski definition) is 5. The van der Waals surface area contributed by atoms with Crippen LogP contribution in [0.5, 0.6) is 0 Å². The van der Waals surface area contributed by atoms with Gasteiger partial charge in [0.05, 0.1) is 11.9 Å². The van der Waals surface area contributed by atoms with Crippen LogP contribution in [0.2, 0.25) is 0 Å². The maximum Gasteiger partial charge on any atom is 0.435 e. The van der Waals surface area contributed by atoms with E-state index in [0.717, 1.165) is 6.07 Å². The van der Waals surface area contributed by atoms with Gasteiger partial charge < -0.3 is 10.6 Å². The molecule has 2 aromatic heterocycles. The Kier molecular flexibility index (Phi) is 3.50. The smallest absolute Gasteiger partial charge is 0.373 e. The number of hydrogen-bond donors (Lipinski definition) is 2. The zero-order valence-corrected chi connectivity index (χ0v) is 9.86. The molecule has 0 radical (unpaired) electrons. The summed E-state index contributed by atoms with van der Waals surface area (Å²) in [7, 11) is 1.73. The van der Waals surface area contributed by atoms with Crippen molar-refractivity contribution in [1.29, 1.82) is 0 Å². The Morgan fingerprint density at radius 1 is 1.00 bits per heavy atom. The molecule has 0 aliphatic rings. The lowest BCUT2D eigenvalue weighted by Crippen LogP contribution is -2.09. The summed E-state index contributed by atoms with van der Waals surface area (Å²) < 4.78 is 36.9. The molecule has 2 aromatic rings. The van der Waals surface area contributed by atoms with Gasteiger partial charge in [0.2, 0.25) is 0 Å². The van der Waals surface area contributed by atoms with E-state index in [1.807, 2.05) is 0 Å². The maximum atomic E-state index is 12.3. The lowest BCUT2D eigenvalue weighted by molar-refractivity contribution is -0.141. The minimum absolute atomic E-state index is 0.215. The van der Waals surface area contributed by atoms with Gasteiger partial charge in [0.25, 0.3) is 0 Å². The summed E-state index contributed by atoms with van der Waals surface area (Å²) in [5, 5.41) is 12.2. The van der Waals surface area contributed by atoms with Crippen molar-refractivity contribution in [2.24, 2.45) is 0 Å². The van der Waals surface area contributed by atoms with Gasteiger partial charge in [-0.2, -0.15) is 13.2 Å². The number of halogens is 3. The van der Waals surface area contributed by atoms with Crippen LogP contribution < -0.4 is 10.6 Å². The van der Waals surface area contributed by atoms with Crippen molar-refractivity contribution < 1.29 is 13.2 Å². The third kappa shape index (κ3) is 3.30. The van der Waals surface area contributed by atoms with Crippen LogP contribution in [0.15, 0.2) is 30.5 Å². The normalized spacial score (nSPS) is 11.2. The maximum absolute atomic E-state index is 12.3. The van der Waals surface area contributed by atoms with Gasteiger partial charge in [-0.3, -0.25) is 0 Å². The molecule has 19 heavy (non-hydrogen) atoms. The quantitative estimate of drug-likeness (QED) is 0.897. The van der Waals surface area contributed by atoms with Gasteiger partial charge in [-0.25, -0.2) is 4.98 Å². The van der Waals surface area contributed by atoms with E-state index in [0.29, 0.717) is 11.5 Å². The van der Waals surface area contributed by atoms with E-state index in [2.05, 4.69) is 25.8 Å². The van der Waals surface area contributed by atoms with E-state index in [4.69, 9.17) is 0 Å². The molecule has 0 atom stereocenters. The van der Waals surface area contributed by atoms with Crippen molar-refractivity contribution >= 4 is 17.3 Å². The van der Waals surface area contributed by atoms with E-state index < -0.39 is 11.9 Å². The topological polar surface area (TPSA) is 62.7 Å². The summed E-state index contributed by atoms with van der Waals surface area (Å²) in [5.41, 5.74) is -0.422. The Morgan fingerprint density at radius 3 is 2.21 bits per heavy atom. The standard InChI is InChI=1S/C11H10F3N5/c1-15-9-4-2-7(6-16-9)17-10-5-3-8(18-19-10)11(12,13)14/h2-6H,1H3,(H,15,16)(H,17,19). The highest BCUT2D eigenvalue weighted by Gasteiger charge is 2.32. The van der Waals surface area contributed by atoms with Crippen LogP contribution in [0.1, 0.15) is 5.69 Å². The minimum Gasteiger partial charge on any atom is -0.373 e. The first-order chi connectivity index (χ1) is 8.99. The number of pyridine rings is 1. The first-order valence-corrected chi connectivity index (χ1v) is 5.31. The van der Waals surface area contributed by atoms with Gasteiger partial charge in [0.1, 0.15) is 5.82 Å². The molecule has 0 aromatic carbocycles. The zero-order valence-electron chi connectivity index (χ0n) is 9.86.